The second kappa shape index (κ2) is 6.37. The van der Waals surface area contributed by atoms with Crippen molar-refractivity contribution in [3.05, 3.63) is 0 Å². The molecule has 0 spiro atoms. The van der Waals surface area contributed by atoms with Gasteiger partial charge in [-0.3, -0.25) is 9.69 Å². The van der Waals surface area contributed by atoms with E-state index in [0.29, 0.717) is 12.6 Å². The van der Waals surface area contributed by atoms with Crippen molar-refractivity contribution in [1.82, 2.24) is 9.80 Å². The Morgan fingerprint density at radius 2 is 1.33 bits per heavy atom. The number of carbonyl (C=O) groups excluding carboxylic acids is 2. The number of hydrogen-bond acceptors (Lipinski definition) is 2. The predicted molar refractivity (Wildman–Crippen MR) is 81.9 cm³/mol. The van der Waals surface area contributed by atoms with Gasteiger partial charge in [-0.1, -0.05) is 45.4 Å². The number of hydrogen-bond donors (Lipinski definition) is 0. The highest BCUT2D eigenvalue weighted by Gasteiger charge is 2.43. The summed E-state index contributed by atoms with van der Waals surface area (Å²) in [6.07, 6.45) is 11.5. The Labute approximate surface area is 127 Å². The third-order valence-corrected chi connectivity index (χ3v) is 5.54. The van der Waals surface area contributed by atoms with Crippen molar-refractivity contribution >= 4 is 11.9 Å². The lowest BCUT2D eigenvalue weighted by molar-refractivity contribution is -0.139. The molecule has 1 aliphatic heterocycles. The topological polar surface area (TPSA) is 40.6 Å². The lowest BCUT2D eigenvalue weighted by atomic mass is 9.90. The van der Waals surface area contributed by atoms with E-state index >= 15 is 0 Å². The molecule has 0 aromatic heterocycles. The second-order valence-electron chi connectivity index (χ2n) is 7.13. The smallest absolute Gasteiger partial charge is 0.321 e. The summed E-state index contributed by atoms with van der Waals surface area (Å²) >= 11 is 0. The van der Waals surface area contributed by atoms with Gasteiger partial charge in [0.2, 0.25) is 5.91 Å². The minimum Gasteiger partial charge on any atom is -0.321 e. The lowest BCUT2D eigenvalue weighted by Crippen LogP contribution is -2.62. The summed E-state index contributed by atoms with van der Waals surface area (Å²) in [7, 11) is 0. The van der Waals surface area contributed by atoms with E-state index in [1.807, 2.05) is 11.8 Å². The molecule has 21 heavy (non-hydrogen) atoms. The molecule has 1 saturated heterocycles. The van der Waals surface area contributed by atoms with Gasteiger partial charge in [-0.25, -0.2) is 4.79 Å². The summed E-state index contributed by atoms with van der Waals surface area (Å²) < 4.78 is 0. The van der Waals surface area contributed by atoms with Crippen LogP contribution in [-0.4, -0.2) is 40.4 Å². The van der Waals surface area contributed by atoms with Gasteiger partial charge >= 0.3 is 6.03 Å². The van der Waals surface area contributed by atoms with Crippen LogP contribution in [0.3, 0.4) is 0 Å². The van der Waals surface area contributed by atoms with Crippen LogP contribution < -0.4 is 0 Å². The standard InChI is InChI=1S/C17H28N2O2/c1-13-12-18(14-8-4-2-5-9-14)17(21)19(16(13)20)15-10-6-3-7-11-15/h13-15H,2-12H2,1H3. The molecule has 2 aliphatic carbocycles. The van der Waals surface area contributed by atoms with Crippen molar-refractivity contribution < 1.29 is 9.59 Å². The molecule has 4 heteroatoms. The van der Waals surface area contributed by atoms with Gasteiger partial charge in [0, 0.05) is 18.6 Å². The molecule has 2 saturated carbocycles. The van der Waals surface area contributed by atoms with E-state index in [-0.39, 0.29) is 23.9 Å². The largest absolute Gasteiger partial charge is 0.327 e. The zero-order valence-corrected chi connectivity index (χ0v) is 13.2. The number of rotatable bonds is 2. The summed E-state index contributed by atoms with van der Waals surface area (Å²) in [4.78, 5) is 29.1. The number of carbonyl (C=O) groups is 2. The Morgan fingerprint density at radius 1 is 0.810 bits per heavy atom. The van der Waals surface area contributed by atoms with E-state index in [1.165, 1.54) is 25.7 Å². The summed E-state index contributed by atoms with van der Waals surface area (Å²) in [5.41, 5.74) is 0. The molecule has 3 aliphatic rings. The third-order valence-electron chi connectivity index (χ3n) is 5.54. The molecular weight excluding hydrogens is 264 g/mol. The molecule has 0 aromatic rings. The molecule has 0 radical (unpaired) electrons. The first-order valence-corrected chi connectivity index (χ1v) is 8.82. The maximum atomic E-state index is 12.9. The quantitative estimate of drug-likeness (QED) is 0.781. The molecule has 1 unspecified atom stereocenters. The second-order valence-corrected chi connectivity index (χ2v) is 7.13. The Bertz CT molecular complexity index is 398. The van der Waals surface area contributed by atoms with Gasteiger partial charge in [-0.2, -0.15) is 0 Å². The van der Waals surface area contributed by atoms with Crippen LogP contribution in [0.5, 0.6) is 0 Å². The van der Waals surface area contributed by atoms with E-state index in [9.17, 15) is 9.59 Å². The lowest BCUT2D eigenvalue weighted by Gasteiger charge is -2.46. The van der Waals surface area contributed by atoms with Crippen LogP contribution in [-0.2, 0) is 4.79 Å². The highest BCUT2D eigenvalue weighted by molar-refractivity contribution is 5.98. The average molecular weight is 292 g/mol. The Morgan fingerprint density at radius 3 is 1.90 bits per heavy atom. The van der Waals surface area contributed by atoms with E-state index < -0.39 is 0 Å². The van der Waals surface area contributed by atoms with Gasteiger partial charge in [0.05, 0.1) is 5.92 Å². The maximum Gasteiger partial charge on any atom is 0.327 e. The minimum atomic E-state index is -0.0356. The zero-order valence-electron chi connectivity index (χ0n) is 13.2. The van der Waals surface area contributed by atoms with E-state index in [1.54, 1.807) is 4.90 Å². The van der Waals surface area contributed by atoms with Crippen LogP contribution in [0, 0.1) is 5.92 Å². The predicted octanol–water partition coefficient (Wildman–Crippen LogP) is 3.55. The highest BCUT2D eigenvalue weighted by Crippen LogP contribution is 2.31. The highest BCUT2D eigenvalue weighted by atomic mass is 16.2. The van der Waals surface area contributed by atoms with Crippen LogP contribution >= 0.6 is 0 Å². The first kappa shape index (κ1) is 14.9. The van der Waals surface area contributed by atoms with Gasteiger partial charge in [-0.15, -0.1) is 0 Å². The minimum absolute atomic E-state index is 0.0110. The summed E-state index contributed by atoms with van der Waals surface area (Å²) in [6.45, 7) is 2.62. The molecule has 1 atom stereocenters. The van der Waals surface area contributed by atoms with Crippen molar-refractivity contribution in [2.24, 2.45) is 5.92 Å². The Balaban J connectivity index is 1.77. The average Bonchev–Trinajstić information content (AvgIpc) is 2.53. The van der Waals surface area contributed by atoms with Gasteiger partial charge < -0.3 is 4.90 Å². The summed E-state index contributed by atoms with van der Waals surface area (Å²) in [5, 5.41) is 0. The fourth-order valence-corrected chi connectivity index (χ4v) is 4.29. The van der Waals surface area contributed by atoms with Crippen molar-refractivity contribution in [3.63, 3.8) is 0 Å². The van der Waals surface area contributed by atoms with Crippen LogP contribution in [0.4, 0.5) is 4.79 Å². The zero-order chi connectivity index (χ0) is 14.8. The van der Waals surface area contributed by atoms with E-state index in [2.05, 4.69) is 0 Å². The van der Waals surface area contributed by atoms with Gasteiger partial charge in [-0.05, 0) is 25.7 Å². The molecule has 0 N–H and O–H groups in total. The van der Waals surface area contributed by atoms with Crippen LogP contribution in [0.25, 0.3) is 0 Å². The maximum absolute atomic E-state index is 12.9. The molecule has 118 valence electrons. The van der Waals surface area contributed by atoms with Crippen molar-refractivity contribution in [3.8, 4) is 0 Å². The molecular formula is C17H28N2O2. The van der Waals surface area contributed by atoms with E-state index in [4.69, 9.17) is 0 Å². The van der Waals surface area contributed by atoms with Gasteiger partial charge in [0.1, 0.15) is 0 Å². The molecule has 3 fully saturated rings. The third kappa shape index (κ3) is 2.95. The normalized spacial score (nSPS) is 30.0. The molecule has 0 bridgehead atoms. The molecule has 4 nitrogen and oxygen atoms in total. The monoisotopic (exact) mass is 292 g/mol. The molecule has 0 aromatic carbocycles. The number of imide groups is 1. The van der Waals surface area contributed by atoms with Crippen LogP contribution in [0.15, 0.2) is 0 Å². The van der Waals surface area contributed by atoms with Crippen LogP contribution in [0.2, 0.25) is 0 Å². The van der Waals surface area contributed by atoms with Crippen molar-refractivity contribution in [1.29, 1.82) is 0 Å². The SMILES string of the molecule is CC1CN(C2CCCCC2)C(=O)N(C2CCCCC2)C1=O. The van der Waals surface area contributed by atoms with E-state index in [0.717, 1.165) is 38.5 Å². The first-order valence-electron chi connectivity index (χ1n) is 8.82. The van der Waals surface area contributed by atoms with Crippen molar-refractivity contribution in [2.45, 2.75) is 83.2 Å². The molecule has 1 heterocycles. The summed E-state index contributed by atoms with van der Waals surface area (Å²) in [6, 6.07) is 0.539. The van der Waals surface area contributed by atoms with Crippen molar-refractivity contribution in [2.75, 3.05) is 6.54 Å². The van der Waals surface area contributed by atoms with Gasteiger partial charge in [0.25, 0.3) is 0 Å². The first-order chi connectivity index (χ1) is 10.2. The fraction of sp³-hybridized carbons (Fsp3) is 0.882. The number of urea groups is 1. The fourth-order valence-electron chi connectivity index (χ4n) is 4.29. The van der Waals surface area contributed by atoms with Gasteiger partial charge in [0.15, 0.2) is 0 Å². The summed E-state index contributed by atoms with van der Waals surface area (Å²) in [5.74, 6) is 0.0329. The molecule has 3 rings (SSSR count). The van der Waals surface area contributed by atoms with Crippen LogP contribution in [0.1, 0.15) is 71.1 Å². The Kier molecular flexibility index (Phi) is 4.51. The number of amides is 3. The molecule has 3 amide bonds. The Hall–Kier alpha value is -1.06. The number of nitrogens with zero attached hydrogens (tertiary/aromatic N) is 2.